The molecule has 7 atom stereocenters. The Kier molecular flexibility index (Phi) is 8.95. The lowest BCUT2D eigenvalue weighted by Crippen LogP contribution is -2.59. The number of amides is 3. The quantitative estimate of drug-likeness (QED) is 0.380. The molecule has 3 rings (SSSR count). The molecular formula is C29H47N3O5. The van der Waals surface area contributed by atoms with E-state index in [0.717, 1.165) is 12.8 Å². The summed E-state index contributed by atoms with van der Waals surface area (Å²) >= 11 is 0. The minimum Gasteiger partial charge on any atom is -0.394 e. The first-order valence-electron chi connectivity index (χ1n) is 13.8. The molecule has 3 amide bonds. The van der Waals surface area contributed by atoms with Crippen LogP contribution in [0.15, 0.2) is 25.3 Å². The maximum Gasteiger partial charge on any atom is 0.248 e. The Labute approximate surface area is 222 Å². The number of likely N-dealkylation sites (N-methyl/N-ethyl adjacent to an activating group) is 1. The van der Waals surface area contributed by atoms with Gasteiger partial charge in [-0.05, 0) is 38.0 Å². The summed E-state index contributed by atoms with van der Waals surface area (Å²) in [7, 11) is 1.71. The number of hydrogen-bond acceptors (Lipinski definition) is 5. The van der Waals surface area contributed by atoms with Crippen LogP contribution in [0.1, 0.15) is 60.3 Å². The lowest BCUT2D eigenvalue weighted by Gasteiger charge is -2.40. The van der Waals surface area contributed by atoms with Crippen LogP contribution >= 0.6 is 0 Å². The molecule has 208 valence electrons. The zero-order valence-electron chi connectivity index (χ0n) is 23.6. The van der Waals surface area contributed by atoms with Gasteiger partial charge in [-0.1, -0.05) is 46.3 Å². The van der Waals surface area contributed by atoms with Crippen LogP contribution in [0.5, 0.6) is 0 Å². The predicted octanol–water partition coefficient (Wildman–Crippen LogP) is 2.86. The zero-order valence-corrected chi connectivity index (χ0v) is 23.6. The van der Waals surface area contributed by atoms with Crippen LogP contribution in [0.2, 0.25) is 0 Å². The molecule has 2 bridgehead atoms. The molecular weight excluding hydrogens is 470 g/mol. The second-order valence-corrected chi connectivity index (χ2v) is 11.8. The third-order valence-corrected chi connectivity index (χ3v) is 8.82. The van der Waals surface area contributed by atoms with E-state index < -0.39 is 35.1 Å². The van der Waals surface area contributed by atoms with Gasteiger partial charge in [-0.25, -0.2) is 0 Å². The first-order valence-corrected chi connectivity index (χ1v) is 13.8. The number of aliphatic hydroxyl groups is 1. The van der Waals surface area contributed by atoms with Crippen molar-refractivity contribution in [3.8, 4) is 0 Å². The van der Waals surface area contributed by atoms with Crippen molar-refractivity contribution < 1.29 is 24.2 Å². The average Bonchev–Trinajstić information content (AvgIpc) is 3.36. The van der Waals surface area contributed by atoms with Gasteiger partial charge in [0.2, 0.25) is 17.7 Å². The molecule has 3 saturated heterocycles. The van der Waals surface area contributed by atoms with Crippen molar-refractivity contribution in [2.24, 2.45) is 23.7 Å². The maximum absolute atomic E-state index is 14.4. The minimum atomic E-state index is -1.12. The normalized spacial score (nSPS) is 33.0. The van der Waals surface area contributed by atoms with Gasteiger partial charge >= 0.3 is 0 Å². The molecule has 0 aromatic carbocycles. The number of fused-ring (bicyclic) bond motifs is 1. The lowest BCUT2D eigenvalue weighted by molar-refractivity contribution is -0.157. The van der Waals surface area contributed by atoms with E-state index in [4.69, 9.17) is 4.74 Å². The molecule has 8 nitrogen and oxygen atoms in total. The fraction of sp³-hybridized carbons (Fsp3) is 0.759. The number of unbranched alkanes of at least 4 members (excludes halogenated alkanes) is 1. The number of ether oxygens (including phenoxy) is 1. The molecule has 1 N–H and O–H groups in total. The van der Waals surface area contributed by atoms with Crippen LogP contribution in [-0.2, 0) is 19.1 Å². The van der Waals surface area contributed by atoms with E-state index in [1.165, 1.54) is 0 Å². The number of aliphatic hydroxyl groups excluding tert-OH is 1. The van der Waals surface area contributed by atoms with Gasteiger partial charge in [0.25, 0.3) is 0 Å². The molecule has 0 saturated carbocycles. The summed E-state index contributed by atoms with van der Waals surface area (Å²) in [6.45, 7) is 18.7. The average molecular weight is 518 g/mol. The summed E-state index contributed by atoms with van der Waals surface area (Å²) in [5, 5.41) is 10.4. The topological polar surface area (TPSA) is 90.4 Å². The molecule has 0 aromatic rings. The van der Waals surface area contributed by atoms with E-state index in [1.54, 1.807) is 33.9 Å². The maximum atomic E-state index is 14.4. The van der Waals surface area contributed by atoms with Crippen molar-refractivity contribution >= 4 is 17.7 Å². The number of rotatable bonds is 13. The summed E-state index contributed by atoms with van der Waals surface area (Å²) in [6, 6.07) is -1.44. The highest BCUT2D eigenvalue weighted by Gasteiger charge is 2.80. The highest BCUT2D eigenvalue weighted by molar-refractivity contribution is 5.99. The van der Waals surface area contributed by atoms with Crippen molar-refractivity contribution in [1.29, 1.82) is 0 Å². The van der Waals surface area contributed by atoms with E-state index in [9.17, 15) is 19.5 Å². The molecule has 8 heteroatoms. The lowest BCUT2D eigenvalue weighted by atomic mass is 9.62. The smallest absolute Gasteiger partial charge is 0.248 e. The molecule has 1 spiro atoms. The van der Waals surface area contributed by atoms with Crippen molar-refractivity contribution in [3.63, 3.8) is 0 Å². The molecule has 0 aromatic heterocycles. The van der Waals surface area contributed by atoms with Crippen molar-refractivity contribution in [2.45, 2.75) is 83.6 Å². The Morgan fingerprint density at radius 2 is 1.89 bits per heavy atom. The summed E-state index contributed by atoms with van der Waals surface area (Å²) in [6.07, 6.45) is 6.17. The fourth-order valence-electron chi connectivity index (χ4n) is 7.04. The SMILES string of the molecule is C=CCN(C)C(=O)[C@H]1[C@H]2C(=O)N([C@@H](CO)CC(C)C)C(C(=O)N(CC=C)CCCC)C23CC(C)[C@]1(C)O3. The van der Waals surface area contributed by atoms with E-state index in [-0.39, 0.29) is 36.2 Å². The second-order valence-electron chi connectivity index (χ2n) is 11.8. The highest BCUT2D eigenvalue weighted by atomic mass is 16.5. The molecule has 37 heavy (non-hydrogen) atoms. The van der Waals surface area contributed by atoms with Crippen molar-refractivity contribution in [1.82, 2.24) is 14.7 Å². The van der Waals surface area contributed by atoms with Gasteiger partial charge in [-0.2, -0.15) is 0 Å². The molecule has 3 aliphatic heterocycles. The predicted molar refractivity (Wildman–Crippen MR) is 143 cm³/mol. The number of likely N-dealkylation sites (tertiary alicyclic amines) is 1. The Hall–Kier alpha value is -2.19. The monoisotopic (exact) mass is 517 g/mol. The standard InChI is InChI=1S/C29H47N3O5/c1-9-12-15-31(14-11-3)27(36)24-29-17-20(6)28(7,37-29)22(25(34)30(8)13-10-2)23(29)26(35)32(24)21(18-33)16-19(4)5/h10-11,19-24,33H,2-3,9,12-18H2,1,4-8H3/t20?,21-,22-,23+,24?,28+,29?/m1/s1. The Bertz CT molecular complexity index is 906. The number of carbonyl (C=O) groups excluding carboxylic acids is 3. The van der Waals surface area contributed by atoms with Gasteiger partial charge < -0.3 is 24.5 Å². The molecule has 0 radical (unpaired) electrons. The summed E-state index contributed by atoms with van der Waals surface area (Å²) < 4.78 is 6.82. The molecule has 3 heterocycles. The molecule has 3 fully saturated rings. The van der Waals surface area contributed by atoms with Crippen LogP contribution in [0.25, 0.3) is 0 Å². The van der Waals surface area contributed by atoms with Gasteiger partial charge in [-0.15, -0.1) is 13.2 Å². The second kappa shape index (κ2) is 11.3. The highest BCUT2D eigenvalue weighted by Crippen LogP contribution is 2.65. The number of nitrogens with zero attached hydrogens (tertiary/aromatic N) is 3. The van der Waals surface area contributed by atoms with E-state index in [0.29, 0.717) is 32.5 Å². The van der Waals surface area contributed by atoms with Crippen molar-refractivity contribution in [3.05, 3.63) is 25.3 Å². The van der Waals surface area contributed by atoms with Crippen LogP contribution in [0.4, 0.5) is 0 Å². The number of carbonyl (C=O) groups is 3. The molecule has 3 unspecified atom stereocenters. The zero-order chi connectivity index (χ0) is 27.7. The largest absolute Gasteiger partial charge is 0.394 e. The van der Waals surface area contributed by atoms with Crippen LogP contribution in [0, 0.1) is 23.7 Å². The first-order chi connectivity index (χ1) is 17.4. The molecule has 0 aliphatic carbocycles. The Morgan fingerprint density at radius 3 is 2.43 bits per heavy atom. The van der Waals surface area contributed by atoms with E-state index >= 15 is 0 Å². The van der Waals surface area contributed by atoms with Gasteiger partial charge in [-0.3, -0.25) is 14.4 Å². The van der Waals surface area contributed by atoms with Gasteiger partial charge in [0, 0.05) is 26.7 Å². The van der Waals surface area contributed by atoms with Crippen LogP contribution in [-0.4, -0.2) is 94.1 Å². The number of hydrogen-bond donors (Lipinski definition) is 1. The Balaban J connectivity index is 2.17. The third-order valence-electron chi connectivity index (χ3n) is 8.82. The van der Waals surface area contributed by atoms with E-state index in [1.807, 2.05) is 27.7 Å². The van der Waals surface area contributed by atoms with Gasteiger partial charge in [0.05, 0.1) is 30.1 Å². The first kappa shape index (κ1) is 29.4. The minimum absolute atomic E-state index is 0.0287. The summed E-state index contributed by atoms with van der Waals surface area (Å²) in [5.74, 6) is -1.92. The van der Waals surface area contributed by atoms with E-state index in [2.05, 4.69) is 20.1 Å². The summed E-state index contributed by atoms with van der Waals surface area (Å²) in [4.78, 5) is 47.5. The van der Waals surface area contributed by atoms with Gasteiger partial charge in [0.1, 0.15) is 11.6 Å². The fourth-order valence-corrected chi connectivity index (χ4v) is 7.04. The van der Waals surface area contributed by atoms with Crippen LogP contribution < -0.4 is 0 Å². The summed E-state index contributed by atoms with van der Waals surface area (Å²) in [5.41, 5.74) is -1.98. The van der Waals surface area contributed by atoms with Crippen molar-refractivity contribution in [2.75, 3.05) is 33.3 Å². The van der Waals surface area contributed by atoms with Crippen LogP contribution in [0.3, 0.4) is 0 Å². The molecule has 3 aliphatic rings. The van der Waals surface area contributed by atoms with Gasteiger partial charge in [0.15, 0.2) is 0 Å². The third kappa shape index (κ3) is 4.76. The Morgan fingerprint density at radius 1 is 1.24 bits per heavy atom.